The Balaban J connectivity index is 1.77. The van der Waals surface area contributed by atoms with E-state index in [1.165, 1.54) is 54.7 Å². The van der Waals surface area contributed by atoms with E-state index in [0.717, 1.165) is 35.5 Å². The highest BCUT2D eigenvalue weighted by Gasteiger charge is 2.48. The summed E-state index contributed by atoms with van der Waals surface area (Å²) in [6, 6.07) is 4.30. The number of thiophene rings is 1. The fourth-order valence-electron chi connectivity index (χ4n) is 4.57. The molecule has 1 fully saturated rings. The quantitative estimate of drug-likeness (QED) is 0.359. The number of anilines is 1. The average molecular weight is 537 g/mol. The van der Waals surface area contributed by atoms with Crippen molar-refractivity contribution in [2.75, 3.05) is 19.4 Å². The summed E-state index contributed by atoms with van der Waals surface area (Å²) >= 11 is 0.870. The number of carbonyl (C=O) groups is 3. The highest BCUT2D eigenvalue weighted by Crippen LogP contribution is 2.39. The molecule has 2 heterocycles. The topological polar surface area (TPSA) is 102 Å². The van der Waals surface area contributed by atoms with Gasteiger partial charge < -0.3 is 20.6 Å². The number of hydrogen-bond acceptors (Lipinski definition) is 7. The van der Waals surface area contributed by atoms with Crippen LogP contribution in [0.1, 0.15) is 53.4 Å². The summed E-state index contributed by atoms with van der Waals surface area (Å²) in [6.07, 6.45) is -1.10. The highest BCUT2D eigenvalue weighted by atomic mass is 32.1. The average Bonchev–Trinajstić information content (AvgIpc) is 3.45. The van der Waals surface area contributed by atoms with E-state index in [1.807, 2.05) is 0 Å². The van der Waals surface area contributed by atoms with E-state index in [9.17, 15) is 32.7 Å². The second-order valence-corrected chi connectivity index (χ2v) is 10.2. The van der Waals surface area contributed by atoms with Gasteiger partial charge in [0, 0.05) is 25.0 Å². The molecule has 1 saturated carbocycles. The van der Waals surface area contributed by atoms with Crippen molar-refractivity contribution in [2.45, 2.75) is 50.4 Å². The van der Waals surface area contributed by atoms with Crippen LogP contribution < -0.4 is 10.6 Å². The lowest BCUT2D eigenvalue weighted by Crippen LogP contribution is -2.44. The summed E-state index contributed by atoms with van der Waals surface area (Å²) in [5, 5.41) is 17.2. The Bertz CT molecular complexity index is 1220. The van der Waals surface area contributed by atoms with E-state index >= 15 is 0 Å². The van der Waals surface area contributed by atoms with E-state index in [2.05, 4.69) is 10.6 Å². The lowest BCUT2D eigenvalue weighted by atomic mass is 9.94. The zero-order valence-electron chi connectivity index (χ0n) is 20.3. The summed E-state index contributed by atoms with van der Waals surface area (Å²) < 4.78 is 42.2. The molecule has 1 aliphatic carbocycles. The van der Waals surface area contributed by atoms with Crippen molar-refractivity contribution < 1.29 is 32.7 Å². The van der Waals surface area contributed by atoms with Crippen LogP contribution in [0.5, 0.6) is 5.75 Å². The molecule has 8 nitrogen and oxygen atoms in total. The summed E-state index contributed by atoms with van der Waals surface area (Å²) in [6.45, 7) is 0. The molecule has 1 aromatic carbocycles. The maximum Gasteiger partial charge on any atom is 0.413 e. The molecule has 37 heavy (non-hydrogen) atoms. The summed E-state index contributed by atoms with van der Waals surface area (Å²) in [5.41, 5.74) is -1.10. The van der Waals surface area contributed by atoms with Crippen LogP contribution in [-0.2, 0) is 9.59 Å². The molecular weight excluding hydrogens is 509 g/mol. The third kappa shape index (κ3) is 5.29. The van der Waals surface area contributed by atoms with Crippen molar-refractivity contribution in [1.29, 1.82) is 0 Å². The standard InChI is InChI=1S/C25H27F3N4O4S/c1-31(2)22(34)15-10-6-11-16(20(15)33)29-18-19(30-21(25(26,27)28)17-12-7-13-37-17)24(36)32(23(18)35)14-8-4-3-5-9-14/h6-7,10-14,21,29-30,33H,3-5,8-9H2,1-2H3. The number of phenols is 1. The number of hydrogen-bond donors (Lipinski definition) is 3. The number of nitrogens with zero attached hydrogens (tertiary/aromatic N) is 2. The Morgan fingerprint density at radius 2 is 1.76 bits per heavy atom. The summed E-state index contributed by atoms with van der Waals surface area (Å²) in [5.74, 6) is -2.64. The van der Waals surface area contributed by atoms with Crippen molar-refractivity contribution in [1.82, 2.24) is 15.1 Å². The molecule has 3 amide bonds. The summed E-state index contributed by atoms with van der Waals surface area (Å²) in [4.78, 5) is 41.6. The molecule has 1 aromatic heterocycles. The fourth-order valence-corrected chi connectivity index (χ4v) is 5.37. The molecule has 0 saturated heterocycles. The van der Waals surface area contributed by atoms with Gasteiger partial charge in [-0.15, -0.1) is 11.3 Å². The van der Waals surface area contributed by atoms with Gasteiger partial charge in [0.15, 0.2) is 11.8 Å². The molecule has 1 atom stereocenters. The van der Waals surface area contributed by atoms with Gasteiger partial charge in [-0.2, -0.15) is 13.2 Å². The molecule has 4 rings (SSSR count). The summed E-state index contributed by atoms with van der Waals surface area (Å²) in [7, 11) is 2.99. The van der Waals surface area contributed by atoms with Crippen LogP contribution in [-0.4, -0.2) is 58.9 Å². The van der Waals surface area contributed by atoms with Crippen molar-refractivity contribution >= 4 is 34.7 Å². The first-order chi connectivity index (χ1) is 17.5. The van der Waals surface area contributed by atoms with Crippen LogP contribution in [0.15, 0.2) is 47.1 Å². The zero-order valence-corrected chi connectivity index (χ0v) is 21.1. The first-order valence-corrected chi connectivity index (χ1v) is 12.7. The smallest absolute Gasteiger partial charge is 0.413 e. The van der Waals surface area contributed by atoms with Gasteiger partial charge in [0.05, 0.1) is 11.3 Å². The second kappa shape index (κ2) is 10.4. The van der Waals surface area contributed by atoms with Gasteiger partial charge in [-0.05, 0) is 36.4 Å². The molecule has 0 radical (unpaired) electrons. The Morgan fingerprint density at radius 3 is 2.35 bits per heavy atom. The number of amides is 3. The number of imide groups is 1. The molecule has 198 valence electrons. The minimum absolute atomic E-state index is 0.0715. The van der Waals surface area contributed by atoms with Gasteiger partial charge in [0.25, 0.3) is 17.7 Å². The van der Waals surface area contributed by atoms with Crippen molar-refractivity contribution in [3.63, 3.8) is 0 Å². The Labute approximate surface area is 215 Å². The minimum Gasteiger partial charge on any atom is -0.505 e. The molecule has 0 bridgehead atoms. The lowest BCUT2D eigenvalue weighted by Gasteiger charge is -2.30. The Kier molecular flexibility index (Phi) is 7.49. The molecule has 2 aromatic rings. The van der Waals surface area contributed by atoms with Gasteiger partial charge >= 0.3 is 6.18 Å². The fraction of sp³-hybridized carbons (Fsp3) is 0.400. The molecular formula is C25H27F3N4O4S. The largest absolute Gasteiger partial charge is 0.505 e. The number of halogens is 3. The molecule has 0 spiro atoms. The van der Waals surface area contributed by atoms with E-state index in [-0.39, 0.29) is 16.1 Å². The predicted molar refractivity (Wildman–Crippen MR) is 132 cm³/mol. The van der Waals surface area contributed by atoms with Crippen LogP contribution in [0.4, 0.5) is 18.9 Å². The van der Waals surface area contributed by atoms with Crippen LogP contribution in [0.2, 0.25) is 0 Å². The molecule has 2 aliphatic rings. The lowest BCUT2D eigenvalue weighted by molar-refractivity contribution is -0.155. The Morgan fingerprint density at radius 1 is 1.08 bits per heavy atom. The number of para-hydroxylation sites is 1. The number of carbonyl (C=O) groups excluding carboxylic acids is 3. The SMILES string of the molecule is CN(C)C(=O)c1cccc(NC2=C(NC(c3cccs3)C(F)(F)F)C(=O)N(C3CCCCC3)C2=O)c1O. The maximum absolute atomic E-state index is 14.1. The van der Waals surface area contributed by atoms with Crippen LogP contribution in [0, 0.1) is 0 Å². The number of benzene rings is 1. The van der Waals surface area contributed by atoms with Crippen molar-refractivity contribution in [2.24, 2.45) is 0 Å². The van der Waals surface area contributed by atoms with Gasteiger partial charge in [0.2, 0.25) is 0 Å². The van der Waals surface area contributed by atoms with Gasteiger partial charge in [-0.25, -0.2) is 0 Å². The zero-order chi connectivity index (χ0) is 26.9. The van der Waals surface area contributed by atoms with Crippen LogP contribution in [0.25, 0.3) is 0 Å². The normalized spacial score (nSPS) is 17.8. The number of aromatic hydroxyl groups is 1. The number of rotatable bonds is 7. The van der Waals surface area contributed by atoms with Gasteiger partial charge in [-0.1, -0.05) is 31.4 Å². The molecule has 1 aliphatic heterocycles. The second-order valence-electron chi connectivity index (χ2n) is 9.18. The van der Waals surface area contributed by atoms with E-state index in [1.54, 1.807) is 0 Å². The maximum atomic E-state index is 14.1. The number of nitrogens with one attached hydrogen (secondary N) is 2. The van der Waals surface area contributed by atoms with E-state index in [4.69, 9.17) is 0 Å². The van der Waals surface area contributed by atoms with Gasteiger partial charge in [-0.3, -0.25) is 19.3 Å². The molecule has 12 heteroatoms. The van der Waals surface area contributed by atoms with Crippen molar-refractivity contribution in [3.8, 4) is 5.75 Å². The molecule has 3 N–H and O–H groups in total. The van der Waals surface area contributed by atoms with Gasteiger partial charge in [0.1, 0.15) is 11.4 Å². The third-order valence-corrected chi connectivity index (χ3v) is 7.37. The van der Waals surface area contributed by atoms with E-state index in [0.29, 0.717) is 12.8 Å². The van der Waals surface area contributed by atoms with E-state index < -0.39 is 53.1 Å². The first kappa shape index (κ1) is 26.5. The third-order valence-electron chi connectivity index (χ3n) is 6.43. The monoisotopic (exact) mass is 536 g/mol. The first-order valence-electron chi connectivity index (χ1n) is 11.8. The van der Waals surface area contributed by atoms with Crippen LogP contribution in [0.3, 0.4) is 0 Å². The van der Waals surface area contributed by atoms with Crippen LogP contribution >= 0.6 is 11.3 Å². The minimum atomic E-state index is -4.76. The molecule has 1 unspecified atom stereocenters. The predicted octanol–water partition coefficient (Wildman–Crippen LogP) is 4.37. The highest BCUT2D eigenvalue weighted by molar-refractivity contribution is 7.10. The number of alkyl halides is 3. The Hall–Kier alpha value is -3.54. The van der Waals surface area contributed by atoms with Crippen molar-refractivity contribution in [3.05, 3.63) is 57.5 Å². The number of phenolic OH excluding ortho intramolecular Hbond substituents is 1.